The number of amides is 1. The van der Waals surface area contributed by atoms with Gasteiger partial charge in [-0.1, -0.05) is 38.1 Å². The minimum absolute atomic E-state index is 0.0135. The molecule has 164 valence electrons. The summed E-state index contributed by atoms with van der Waals surface area (Å²) in [6.07, 6.45) is 5.44. The minimum atomic E-state index is -2.80. The lowest BCUT2D eigenvalue weighted by atomic mass is 10.0. The van der Waals surface area contributed by atoms with Gasteiger partial charge in [0, 0.05) is 41.8 Å². The van der Waals surface area contributed by atoms with Crippen LogP contribution in [0.3, 0.4) is 0 Å². The fourth-order valence-electron chi connectivity index (χ4n) is 3.68. The highest BCUT2D eigenvalue weighted by Gasteiger charge is 2.21. The van der Waals surface area contributed by atoms with E-state index in [1.165, 1.54) is 6.26 Å². The van der Waals surface area contributed by atoms with Gasteiger partial charge in [0.1, 0.15) is 5.84 Å². The predicted molar refractivity (Wildman–Crippen MR) is 128 cm³/mol. The average molecular weight is 439 g/mol. The van der Waals surface area contributed by atoms with Gasteiger partial charge in [-0.05, 0) is 48.2 Å². The molecule has 0 aliphatic carbocycles. The number of carbonyl (C=O) groups excluding carboxylic acids is 1. The zero-order valence-corrected chi connectivity index (χ0v) is 19.2. The second kappa shape index (κ2) is 9.47. The van der Waals surface area contributed by atoms with E-state index in [1.807, 2.05) is 35.2 Å². The average Bonchev–Trinajstić information content (AvgIpc) is 2.90. The van der Waals surface area contributed by atoms with Crippen LogP contribution in [0.2, 0.25) is 0 Å². The Hall–Kier alpha value is -2.93. The number of hydrogen-bond donors (Lipinski definition) is 2. The van der Waals surface area contributed by atoms with Gasteiger partial charge in [-0.15, -0.1) is 0 Å². The Labute approximate surface area is 184 Å². The second-order valence-electron chi connectivity index (χ2n) is 7.89. The lowest BCUT2D eigenvalue weighted by Gasteiger charge is -2.22. The summed E-state index contributed by atoms with van der Waals surface area (Å²) < 4.78 is 20.0. The van der Waals surface area contributed by atoms with Crippen molar-refractivity contribution >= 4 is 33.2 Å². The number of carbonyl (C=O) groups is 1. The van der Waals surface area contributed by atoms with Crippen molar-refractivity contribution in [2.75, 3.05) is 19.3 Å². The number of amidine groups is 1. The number of fused-ring (bicyclic) bond motifs is 1. The van der Waals surface area contributed by atoms with Crippen LogP contribution in [0.15, 0.2) is 57.9 Å². The van der Waals surface area contributed by atoms with Crippen LogP contribution >= 0.6 is 0 Å². The van der Waals surface area contributed by atoms with E-state index < -0.39 is 9.73 Å². The zero-order chi connectivity index (χ0) is 22.6. The molecule has 1 heterocycles. The molecule has 0 saturated carbocycles. The summed E-state index contributed by atoms with van der Waals surface area (Å²) in [6, 6.07) is 13.0. The molecule has 1 aliphatic heterocycles. The van der Waals surface area contributed by atoms with Crippen LogP contribution in [0.1, 0.15) is 38.7 Å². The number of aliphatic imine (C=N–C) groups is 1. The fraction of sp³-hybridized carbons (Fsp3) is 0.333. The third kappa shape index (κ3) is 5.41. The molecule has 0 aromatic heterocycles. The topological polar surface area (TPSA) is 99.6 Å². The number of nitrogens with two attached hydrogens (primary N) is 1. The Morgan fingerprint density at radius 1 is 1.13 bits per heavy atom. The first-order chi connectivity index (χ1) is 14.7. The van der Waals surface area contributed by atoms with Crippen LogP contribution in [0.4, 0.5) is 5.69 Å². The summed E-state index contributed by atoms with van der Waals surface area (Å²) in [5.74, 6) is 0.416. The Balaban J connectivity index is 2.00. The molecule has 1 amide bonds. The molecule has 0 saturated heterocycles. The molecule has 6 nitrogen and oxygen atoms in total. The van der Waals surface area contributed by atoms with Gasteiger partial charge in [-0.3, -0.25) is 4.79 Å². The molecule has 0 radical (unpaired) electrons. The SMILES string of the molecule is CCCN(CCC)C(=O)C1=Cc2ccc(-c3cccc(S(C)(=N)=O)c3)cc2N=C(N)C1. The van der Waals surface area contributed by atoms with E-state index in [0.717, 1.165) is 42.6 Å². The van der Waals surface area contributed by atoms with Gasteiger partial charge in [0.15, 0.2) is 0 Å². The molecule has 2 aromatic carbocycles. The maximum atomic E-state index is 13.1. The number of nitrogens with one attached hydrogen (secondary N) is 1. The summed E-state index contributed by atoms with van der Waals surface area (Å²) in [5.41, 5.74) is 10.1. The van der Waals surface area contributed by atoms with Gasteiger partial charge < -0.3 is 10.6 Å². The molecular formula is C24H30N4O2S. The molecule has 0 fully saturated rings. The van der Waals surface area contributed by atoms with E-state index in [4.69, 9.17) is 10.5 Å². The van der Waals surface area contributed by atoms with E-state index >= 15 is 0 Å². The van der Waals surface area contributed by atoms with E-state index in [9.17, 15) is 9.00 Å². The monoisotopic (exact) mass is 438 g/mol. The van der Waals surface area contributed by atoms with Crippen molar-refractivity contribution in [1.82, 2.24) is 4.90 Å². The van der Waals surface area contributed by atoms with Crippen molar-refractivity contribution in [2.24, 2.45) is 10.7 Å². The maximum Gasteiger partial charge on any atom is 0.250 e. The van der Waals surface area contributed by atoms with Crippen LogP contribution in [0.5, 0.6) is 0 Å². The first-order valence-corrected chi connectivity index (χ1v) is 12.5. The molecular weight excluding hydrogens is 408 g/mol. The molecule has 1 unspecified atom stereocenters. The van der Waals surface area contributed by atoms with Crippen LogP contribution in [-0.2, 0) is 14.5 Å². The minimum Gasteiger partial charge on any atom is -0.387 e. The van der Waals surface area contributed by atoms with E-state index in [0.29, 0.717) is 28.4 Å². The Bertz CT molecular complexity index is 1140. The maximum absolute atomic E-state index is 13.1. The molecule has 7 heteroatoms. The summed E-state index contributed by atoms with van der Waals surface area (Å²) in [5, 5.41) is 0. The number of benzene rings is 2. The first kappa shape index (κ1) is 22.7. The second-order valence-corrected chi connectivity index (χ2v) is 10.0. The number of nitrogens with zero attached hydrogens (tertiary/aromatic N) is 2. The van der Waals surface area contributed by atoms with E-state index in [2.05, 4.69) is 18.8 Å². The van der Waals surface area contributed by atoms with Gasteiger partial charge in [0.2, 0.25) is 5.91 Å². The van der Waals surface area contributed by atoms with Crippen molar-refractivity contribution in [3.63, 3.8) is 0 Å². The quantitative estimate of drug-likeness (QED) is 0.648. The molecule has 0 bridgehead atoms. The number of rotatable bonds is 7. The molecule has 3 N–H and O–H groups in total. The van der Waals surface area contributed by atoms with Gasteiger partial charge in [0.05, 0.1) is 15.4 Å². The highest BCUT2D eigenvalue weighted by Crippen LogP contribution is 2.32. The molecule has 1 aliphatic rings. The van der Waals surface area contributed by atoms with Gasteiger partial charge >= 0.3 is 0 Å². The van der Waals surface area contributed by atoms with Crippen molar-refractivity contribution in [2.45, 2.75) is 38.0 Å². The summed E-state index contributed by atoms with van der Waals surface area (Å²) >= 11 is 0. The lowest BCUT2D eigenvalue weighted by Crippen LogP contribution is -2.34. The molecule has 1 atom stereocenters. The molecule has 3 rings (SSSR count). The van der Waals surface area contributed by atoms with Crippen LogP contribution in [0.25, 0.3) is 17.2 Å². The van der Waals surface area contributed by atoms with Gasteiger partial charge in [-0.25, -0.2) is 14.0 Å². The standard InChI is InChI=1S/C24H30N4O2S/c1-4-11-28(12-5-2)24(29)20-13-19-10-9-18(15-22(19)27-23(25)16-20)17-7-6-8-21(14-17)31(3,26)30/h6-10,13-15,26H,4-5,11-12,16H2,1-3H3,(H2,25,27). The predicted octanol–water partition coefficient (Wildman–Crippen LogP) is 4.81. The summed E-state index contributed by atoms with van der Waals surface area (Å²) in [6.45, 7) is 5.58. The zero-order valence-electron chi connectivity index (χ0n) is 18.4. The lowest BCUT2D eigenvalue weighted by molar-refractivity contribution is -0.127. The van der Waals surface area contributed by atoms with Crippen LogP contribution in [0, 0.1) is 4.78 Å². The first-order valence-electron chi connectivity index (χ1n) is 10.5. The normalized spacial score (nSPS) is 15.2. The van der Waals surface area contributed by atoms with Crippen LogP contribution in [-0.4, -0.2) is 40.2 Å². The molecule has 0 spiro atoms. The van der Waals surface area contributed by atoms with Crippen molar-refractivity contribution < 1.29 is 9.00 Å². The highest BCUT2D eigenvalue weighted by atomic mass is 32.2. The molecule has 31 heavy (non-hydrogen) atoms. The van der Waals surface area contributed by atoms with E-state index in [-0.39, 0.29) is 5.91 Å². The largest absolute Gasteiger partial charge is 0.387 e. The Kier molecular flexibility index (Phi) is 6.95. The number of hydrogen-bond acceptors (Lipinski definition) is 5. The van der Waals surface area contributed by atoms with Gasteiger partial charge in [-0.2, -0.15) is 0 Å². The smallest absolute Gasteiger partial charge is 0.250 e. The van der Waals surface area contributed by atoms with Crippen molar-refractivity contribution in [3.8, 4) is 11.1 Å². The highest BCUT2D eigenvalue weighted by molar-refractivity contribution is 7.91. The van der Waals surface area contributed by atoms with E-state index in [1.54, 1.807) is 18.2 Å². The fourth-order valence-corrected chi connectivity index (χ4v) is 4.37. The molecule has 2 aromatic rings. The van der Waals surface area contributed by atoms with Crippen LogP contribution < -0.4 is 5.73 Å². The Morgan fingerprint density at radius 3 is 2.45 bits per heavy atom. The summed E-state index contributed by atoms with van der Waals surface area (Å²) in [7, 11) is -2.80. The van der Waals surface area contributed by atoms with Crippen molar-refractivity contribution in [3.05, 3.63) is 53.6 Å². The third-order valence-electron chi connectivity index (χ3n) is 5.16. The Morgan fingerprint density at radius 2 is 1.81 bits per heavy atom. The van der Waals surface area contributed by atoms with Gasteiger partial charge in [0.25, 0.3) is 0 Å². The third-order valence-corrected chi connectivity index (χ3v) is 6.32. The van der Waals surface area contributed by atoms with Crippen molar-refractivity contribution in [1.29, 1.82) is 4.78 Å². The summed E-state index contributed by atoms with van der Waals surface area (Å²) in [4.78, 5) is 20.0.